The summed E-state index contributed by atoms with van der Waals surface area (Å²) in [6, 6.07) is -0.0484. The van der Waals surface area contributed by atoms with Gasteiger partial charge in [0.05, 0.1) is 0 Å². The Kier molecular flexibility index (Phi) is 3.89. The van der Waals surface area contributed by atoms with Crippen molar-refractivity contribution in [2.45, 2.75) is 38.8 Å². The van der Waals surface area contributed by atoms with E-state index < -0.39 is 0 Å². The van der Waals surface area contributed by atoms with Gasteiger partial charge in [-0.15, -0.1) is 0 Å². The van der Waals surface area contributed by atoms with Gasteiger partial charge in [-0.1, -0.05) is 6.92 Å². The Morgan fingerprint density at radius 1 is 1.35 bits per heavy atom. The number of cyclic esters (lactones) is 1. The molecule has 0 N–H and O–H groups in total. The second kappa shape index (κ2) is 5.65. The van der Waals surface area contributed by atoms with E-state index in [9.17, 15) is 4.79 Å². The van der Waals surface area contributed by atoms with Crippen LogP contribution in [0, 0.1) is 0 Å². The zero-order valence-electron chi connectivity index (χ0n) is 11.9. The fourth-order valence-corrected chi connectivity index (χ4v) is 3.58. The molecule has 3 rings (SSSR count). The zero-order chi connectivity index (χ0) is 14.1. The summed E-state index contributed by atoms with van der Waals surface area (Å²) in [5, 5.41) is 1.00. The number of aromatic nitrogens is 2. The number of hydrogen-bond donors (Lipinski definition) is 0. The minimum absolute atomic E-state index is 0.0484. The van der Waals surface area contributed by atoms with E-state index in [4.69, 9.17) is 4.74 Å². The molecule has 7 heteroatoms. The number of carbonyl (C=O) groups excluding carboxylic acids is 1. The summed E-state index contributed by atoms with van der Waals surface area (Å²) in [6.07, 6.45) is 1.75. The lowest BCUT2D eigenvalue weighted by molar-refractivity contribution is -0.144. The van der Waals surface area contributed by atoms with Gasteiger partial charge in [-0.2, -0.15) is 4.37 Å². The fraction of sp³-hybridized carbons (Fsp3) is 0.769. The molecule has 2 saturated heterocycles. The maximum atomic E-state index is 11.8. The average molecular weight is 296 g/mol. The number of nitrogens with zero attached hydrogens (tertiary/aromatic N) is 4. The van der Waals surface area contributed by atoms with Gasteiger partial charge in [0, 0.05) is 50.6 Å². The van der Waals surface area contributed by atoms with Gasteiger partial charge < -0.3 is 9.64 Å². The molecule has 1 aromatic rings. The van der Waals surface area contributed by atoms with E-state index in [0.29, 0.717) is 0 Å². The van der Waals surface area contributed by atoms with Gasteiger partial charge in [-0.25, -0.2) is 4.98 Å². The second-order valence-corrected chi connectivity index (χ2v) is 6.10. The Morgan fingerprint density at radius 2 is 2.10 bits per heavy atom. The Morgan fingerprint density at radius 3 is 2.65 bits per heavy atom. The highest BCUT2D eigenvalue weighted by molar-refractivity contribution is 7.09. The lowest BCUT2D eigenvalue weighted by atomic mass is 10.1. The first-order chi connectivity index (χ1) is 9.67. The Labute approximate surface area is 122 Å². The maximum absolute atomic E-state index is 11.8. The van der Waals surface area contributed by atoms with Gasteiger partial charge in [0.15, 0.2) is 0 Å². The van der Waals surface area contributed by atoms with Gasteiger partial charge in [-0.3, -0.25) is 9.69 Å². The first-order valence-electron chi connectivity index (χ1n) is 7.19. The molecule has 2 atom stereocenters. The number of esters is 1. The number of anilines is 1. The summed E-state index contributed by atoms with van der Waals surface area (Å²) in [5.74, 6) is 0.857. The number of ether oxygens (including phenoxy) is 1. The van der Waals surface area contributed by atoms with E-state index in [1.807, 2.05) is 6.92 Å². The van der Waals surface area contributed by atoms with Crippen molar-refractivity contribution in [2.24, 2.45) is 0 Å². The molecule has 0 spiro atoms. The van der Waals surface area contributed by atoms with E-state index in [1.165, 1.54) is 11.5 Å². The third-order valence-corrected chi connectivity index (χ3v) is 4.76. The molecule has 2 fully saturated rings. The van der Waals surface area contributed by atoms with Crippen LogP contribution in [0.25, 0.3) is 0 Å². The van der Waals surface area contributed by atoms with Crippen LogP contribution in [-0.2, 0) is 16.0 Å². The lowest BCUT2D eigenvalue weighted by Crippen LogP contribution is -2.51. The zero-order valence-corrected chi connectivity index (χ0v) is 12.7. The van der Waals surface area contributed by atoms with E-state index in [1.54, 1.807) is 0 Å². The number of piperazine rings is 1. The molecule has 110 valence electrons. The normalized spacial score (nSPS) is 27.9. The second-order valence-electron chi connectivity index (χ2n) is 5.37. The van der Waals surface area contributed by atoms with Crippen LogP contribution >= 0.6 is 11.5 Å². The van der Waals surface area contributed by atoms with E-state index in [2.05, 4.69) is 26.1 Å². The van der Waals surface area contributed by atoms with Crippen molar-refractivity contribution in [1.29, 1.82) is 0 Å². The molecule has 0 amide bonds. The minimum atomic E-state index is -0.0601. The van der Waals surface area contributed by atoms with Crippen LogP contribution in [0.2, 0.25) is 0 Å². The topological polar surface area (TPSA) is 58.6 Å². The van der Waals surface area contributed by atoms with E-state index >= 15 is 0 Å². The fourth-order valence-electron chi connectivity index (χ4n) is 2.78. The minimum Gasteiger partial charge on any atom is -0.461 e. The van der Waals surface area contributed by atoms with Gasteiger partial charge in [0.2, 0.25) is 5.13 Å². The van der Waals surface area contributed by atoms with Crippen molar-refractivity contribution in [3.63, 3.8) is 0 Å². The largest absolute Gasteiger partial charge is 0.461 e. The highest BCUT2D eigenvalue weighted by Gasteiger charge is 2.37. The maximum Gasteiger partial charge on any atom is 0.323 e. The van der Waals surface area contributed by atoms with Gasteiger partial charge >= 0.3 is 5.97 Å². The van der Waals surface area contributed by atoms with Crippen molar-refractivity contribution in [3.05, 3.63) is 5.82 Å². The van der Waals surface area contributed by atoms with Crippen LogP contribution in [0.4, 0.5) is 5.13 Å². The van der Waals surface area contributed by atoms with Crippen molar-refractivity contribution < 1.29 is 9.53 Å². The number of hydrogen-bond acceptors (Lipinski definition) is 7. The summed E-state index contributed by atoms with van der Waals surface area (Å²) in [5.41, 5.74) is 0. The van der Waals surface area contributed by atoms with E-state index in [-0.39, 0.29) is 18.1 Å². The number of rotatable bonds is 3. The molecule has 0 saturated carbocycles. The molecule has 0 unspecified atom stereocenters. The summed E-state index contributed by atoms with van der Waals surface area (Å²) >= 11 is 1.47. The van der Waals surface area contributed by atoms with Gasteiger partial charge in [0.25, 0.3) is 0 Å². The standard InChI is InChI=1S/C13H20N4O2S/c1-3-11-14-13(20-15-11)17-6-4-16(5-7-17)10-8-9(2)19-12(10)18/h9-10H,3-8H2,1-2H3/t9-,10+/m1/s1. The predicted octanol–water partition coefficient (Wildman–Crippen LogP) is 0.926. The SMILES string of the molecule is CCc1nsc(N2CCN([C@H]3C[C@@H](C)OC3=O)CC2)n1. The molecule has 6 nitrogen and oxygen atoms in total. The van der Waals surface area contributed by atoms with Gasteiger partial charge in [0.1, 0.15) is 18.0 Å². The van der Waals surface area contributed by atoms with Crippen molar-refractivity contribution in [3.8, 4) is 0 Å². The highest BCUT2D eigenvalue weighted by Crippen LogP contribution is 2.24. The Bertz CT molecular complexity index is 484. The van der Waals surface area contributed by atoms with Crippen LogP contribution in [0.5, 0.6) is 0 Å². The predicted molar refractivity (Wildman–Crippen MR) is 77.0 cm³/mol. The number of carbonyl (C=O) groups is 1. The molecule has 20 heavy (non-hydrogen) atoms. The molecule has 1 aromatic heterocycles. The smallest absolute Gasteiger partial charge is 0.323 e. The van der Waals surface area contributed by atoms with Crippen LogP contribution in [0.3, 0.4) is 0 Å². The van der Waals surface area contributed by atoms with Crippen molar-refractivity contribution in [1.82, 2.24) is 14.3 Å². The summed E-state index contributed by atoms with van der Waals surface area (Å²) in [7, 11) is 0. The molecule has 2 aliphatic rings. The molecule has 0 aliphatic carbocycles. The average Bonchev–Trinajstić information content (AvgIpc) is 3.05. The number of aryl methyl sites for hydroxylation is 1. The molecular weight excluding hydrogens is 276 g/mol. The Balaban J connectivity index is 1.58. The molecule has 0 radical (unpaired) electrons. The third kappa shape index (κ3) is 2.64. The third-order valence-electron chi connectivity index (χ3n) is 3.94. The Hall–Kier alpha value is -1.21. The molecule has 0 aromatic carbocycles. The van der Waals surface area contributed by atoms with Crippen LogP contribution in [0.15, 0.2) is 0 Å². The molecular formula is C13H20N4O2S. The van der Waals surface area contributed by atoms with Crippen LogP contribution in [-0.4, -0.2) is 58.6 Å². The van der Waals surface area contributed by atoms with Crippen LogP contribution < -0.4 is 4.90 Å². The van der Waals surface area contributed by atoms with E-state index in [0.717, 1.165) is 50.0 Å². The van der Waals surface area contributed by atoms with Crippen molar-refractivity contribution >= 4 is 22.6 Å². The monoisotopic (exact) mass is 296 g/mol. The lowest BCUT2D eigenvalue weighted by Gasteiger charge is -2.36. The molecule has 0 bridgehead atoms. The first kappa shape index (κ1) is 13.8. The first-order valence-corrected chi connectivity index (χ1v) is 7.96. The molecule has 2 aliphatic heterocycles. The van der Waals surface area contributed by atoms with Crippen LogP contribution in [0.1, 0.15) is 26.1 Å². The summed E-state index contributed by atoms with van der Waals surface area (Å²) < 4.78 is 9.57. The quantitative estimate of drug-likeness (QED) is 0.773. The summed E-state index contributed by atoms with van der Waals surface area (Å²) in [6.45, 7) is 7.59. The van der Waals surface area contributed by atoms with Gasteiger partial charge in [-0.05, 0) is 6.92 Å². The highest BCUT2D eigenvalue weighted by atomic mass is 32.1. The summed E-state index contributed by atoms with van der Waals surface area (Å²) in [4.78, 5) is 20.8. The van der Waals surface area contributed by atoms with Crippen molar-refractivity contribution in [2.75, 3.05) is 31.1 Å². The molecule has 3 heterocycles.